The third-order valence-electron chi connectivity index (χ3n) is 17.1. The number of hydrogen-bond donors (Lipinski definition) is 0. The first-order valence-corrected chi connectivity index (χ1v) is 19.7. The van der Waals surface area contributed by atoms with Gasteiger partial charge in [0, 0.05) is 0 Å². The molecule has 0 N–H and O–H groups in total. The van der Waals surface area contributed by atoms with Crippen LogP contribution in [-0.2, 0) is 6.51 Å². The van der Waals surface area contributed by atoms with E-state index < -0.39 is 14.6 Å². The molecule has 10 aliphatic rings. The van der Waals surface area contributed by atoms with Crippen molar-refractivity contribution in [1.29, 1.82) is 0 Å². The molecule has 0 bridgehead atoms. The predicted octanol–water partition coefficient (Wildman–Crippen LogP) is 5.18. The number of fused-ring (bicyclic) bond motifs is 10. The molecule has 0 aromatic carbocycles. The van der Waals surface area contributed by atoms with E-state index in [0.29, 0.717) is 0 Å². The molecule has 10 aliphatic heterocycles. The molecule has 10 fully saturated rings. The maximum atomic E-state index is 4.76. The van der Waals surface area contributed by atoms with Crippen LogP contribution in [0.1, 0.15) is 13.8 Å². The number of alkyl halides is 1. The standard InChI is InChI=1S/C12H21BrNSi.C5H5.Fe/c1-6-14(7-2)10-8-9-11(12(10)13)15(3,4)5;1-2-4-5-3-1;/h8-9H,6-7H2,1-5H3;1-5H;. The molecule has 0 amide bonds. The summed E-state index contributed by atoms with van der Waals surface area (Å²) in [6, 6.07) is 0. The Kier molecular flexibility index (Phi) is 0.454. The normalized spacial score (nSPS) is 107. The van der Waals surface area contributed by atoms with E-state index in [0.717, 1.165) is 11.6 Å². The average Bonchev–Trinajstić information content (AvgIpc) is 3.34. The van der Waals surface area contributed by atoms with Crippen LogP contribution in [0.5, 0.6) is 0 Å². The van der Waals surface area contributed by atoms with Crippen LogP contribution in [-0.4, -0.2) is 33.7 Å². The molecule has 10 rings (SSSR count). The van der Waals surface area contributed by atoms with Crippen LogP contribution >= 0.6 is 15.9 Å². The third kappa shape index (κ3) is 0.114. The zero-order chi connectivity index (χ0) is 14.3. The third-order valence-corrected chi connectivity index (χ3v) is 76.8. The maximum absolute atomic E-state index is 4.76. The van der Waals surface area contributed by atoms with Crippen molar-refractivity contribution in [2.24, 2.45) is 0 Å². The van der Waals surface area contributed by atoms with Crippen LogP contribution in [0.15, 0.2) is 0 Å². The molecule has 4 heteroatoms. The van der Waals surface area contributed by atoms with Crippen LogP contribution in [0.25, 0.3) is 0 Å². The second kappa shape index (κ2) is 0.932. The van der Waals surface area contributed by atoms with Crippen LogP contribution in [0.2, 0.25) is 57.3 Å². The molecule has 5 unspecified atom stereocenters. The van der Waals surface area contributed by atoms with E-state index in [-0.39, 0.29) is 0 Å². The van der Waals surface area contributed by atoms with Gasteiger partial charge in [-0.1, -0.05) is 0 Å². The summed E-state index contributed by atoms with van der Waals surface area (Å²) < 4.78 is 2.67. The van der Waals surface area contributed by atoms with Gasteiger partial charge in [0.1, 0.15) is 0 Å². The molecule has 21 heavy (non-hydrogen) atoms. The van der Waals surface area contributed by atoms with E-state index in [1.165, 1.54) is 46.8 Å². The summed E-state index contributed by atoms with van der Waals surface area (Å²) >= 11 is 4.76. The number of rotatable bonds is 4. The van der Waals surface area contributed by atoms with Gasteiger partial charge in [-0.05, 0) is 0 Å². The van der Waals surface area contributed by atoms with Crippen molar-refractivity contribution in [2.45, 2.75) is 78.8 Å². The van der Waals surface area contributed by atoms with Gasteiger partial charge in [0.2, 0.25) is 0 Å². The van der Waals surface area contributed by atoms with Crippen molar-refractivity contribution in [1.82, 2.24) is 4.90 Å². The second-order valence-corrected chi connectivity index (χ2v) is 43.6. The fraction of sp³-hybridized carbons (Fsp3) is 1.00. The molecule has 5 atom stereocenters. The Labute approximate surface area is 127 Å². The molecule has 10 heterocycles. The number of nitrogens with zero attached hydrogens (tertiary/aromatic N) is 1. The fourth-order valence-corrected chi connectivity index (χ4v) is 137. The Morgan fingerprint density at radius 1 is 0.952 bits per heavy atom. The molecule has 118 valence electrons. The Morgan fingerprint density at radius 3 is 1.67 bits per heavy atom. The molecule has 0 aromatic rings. The van der Waals surface area contributed by atoms with Crippen LogP contribution in [0.4, 0.5) is 0 Å². The molecular weight excluding hydrogens is 382 g/mol. The summed E-state index contributed by atoms with van der Waals surface area (Å²) in [5.74, 6) is 0. The monoisotopic (exact) mass is 407 g/mol. The van der Waals surface area contributed by atoms with Crippen LogP contribution in [0, 0.1) is 0 Å². The van der Waals surface area contributed by atoms with Gasteiger partial charge in [-0.25, -0.2) is 0 Å². The van der Waals surface area contributed by atoms with E-state index >= 15 is 0 Å². The first kappa shape index (κ1) is 10.2. The van der Waals surface area contributed by atoms with Gasteiger partial charge in [-0.3, -0.25) is 0 Å². The molecule has 1 nitrogen and oxygen atoms in total. The Bertz CT molecular complexity index is 1120. The summed E-state index contributed by atoms with van der Waals surface area (Å²) in [6.07, 6.45) is 0. The van der Waals surface area contributed by atoms with Crippen molar-refractivity contribution >= 4 is 24.0 Å². The van der Waals surface area contributed by atoms with Gasteiger partial charge in [0.15, 0.2) is 0 Å². The van der Waals surface area contributed by atoms with Crippen molar-refractivity contribution in [3.63, 3.8) is 0 Å². The minimum absolute atomic E-state index is 0.794. The van der Waals surface area contributed by atoms with Gasteiger partial charge in [-0.15, -0.1) is 0 Å². The quantitative estimate of drug-likeness (QED) is 0.458. The first-order chi connectivity index (χ1) is 9.60. The topological polar surface area (TPSA) is 3.24 Å². The van der Waals surface area contributed by atoms with Gasteiger partial charge < -0.3 is 0 Å². The van der Waals surface area contributed by atoms with E-state index in [1.54, 1.807) is 0 Å². The van der Waals surface area contributed by atoms with Gasteiger partial charge in [0.05, 0.1) is 0 Å². The zero-order valence-corrected chi connectivity index (χ0v) is 17.3. The fourth-order valence-electron chi connectivity index (χ4n) is 20.2. The van der Waals surface area contributed by atoms with Crippen molar-refractivity contribution in [2.75, 3.05) is 13.1 Å². The van der Waals surface area contributed by atoms with Gasteiger partial charge in [0.25, 0.3) is 0 Å². The van der Waals surface area contributed by atoms with E-state index in [9.17, 15) is 0 Å². The van der Waals surface area contributed by atoms with Gasteiger partial charge in [-0.2, -0.15) is 0 Å². The molecule has 0 aliphatic carbocycles. The summed E-state index contributed by atoms with van der Waals surface area (Å²) in [6.45, 7) is 12.6. The van der Waals surface area contributed by atoms with Crippen LogP contribution in [0.3, 0.4) is 0 Å². The molecular formula is C17H26BrFeNSi. The Morgan fingerprint density at radius 2 is 1.43 bits per heavy atom. The Hall–Kier alpha value is 1.18. The summed E-state index contributed by atoms with van der Waals surface area (Å²) in [5, 5.41) is 0. The SMILES string of the molecule is CCN(CC)[C]12[CH]3[CH]4[C]5([Si](C)(C)C)[C]1(Br)[Fe]34251678[CH]2[CH]1[CH]6[CH]7[CH]28. The average molecular weight is 408 g/mol. The predicted molar refractivity (Wildman–Crippen MR) is 89.6 cm³/mol. The van der Waals surface area contributed by atoms with Crippen molar-refractivity contribution in [3.05, 3.63) is 0 Å². The number of halogens is 1. The van der Waals surface area contributed by atoms with E-state index in [1.807, 2.05) is 0 Å². The minimum atomic E-state index is -3.33. The van der Waals surface area contributed by atoms with Crippen molar-refractivity contribution in [3.8, 4) is 0 Å². The molecule has 0 radical (unpaired) electrons. The summed E-state index contributed by atoms with van der Waals surface area (Å²) in [4.78, 5) is 12.8. The molecule has 0 saturated carbocycles. The first-order valence-electron chi connectivity index (χ1n) is 9.25. The zero-order valence-electron chi connectivity index (χ0n) is 13.6. The summed E-state index contributed by atoms with van der Waals surface area (Å²) in [5.41, 5.74) is 0. The van der Waals surface area contributed by atoms with E-state index in [4.69, 9.17) is 15.9 Å². The summed E-state index contributed by atoms with van der Waals surface area (Å²) in [7, 11) is -1.07. The molecule has 10 saturated heterocycles. The van der Waals surface area contributed by atoms with E-state index in [2.05, 4.69) is 38.4 Å². The number of hydrogen-bond acceptors (Lipinski definition) is 1. The van der Waals surface area contributed by atoms with Gasteiger partial charge >= 0.3 is 127 Å². The van der Waals surface area contributed by atoms with Crippen molar-refractivity contribution < 1.29 is 6.51 Å². The molecule has 1 spiro atoms. The molecule has 0 aromatic heterocycles. The van der Waals surface area contributed by atoms with Crippen LogP contribution < -0.4 is 0 Å². The second-order valence-electron chi connectivity index (χ2n) is 13.1. The Balaban J connectivity index is 1.56.